The fourth-order valence-corrected chi connectivity index (χ4v) is 1.83. The van der Waals surface area contributed by atoms with Crippen molar-refractivity contribution in [3.05, 3.63) is 41.5 Å². The van der Waals surface area contributed by atoms with Gasteiger partial charge in [-0.1, -0.05) is 5.21 Å². The van der Waals surface area contributed by atoms with Crippen LogP contribution >= 0.6 is 0 Å². The van der Waals surface area contributed by atoms with Crippen molar-refractivity contribution < 1.29 is 18.0 Å². The molecule has 21 heavy (non-hydrogen) atoms. The quantitative estimate of drug-likeness (QED) is 0.832. The lowest BCUT2D eigenvalue weighted by Crippen LogP contribution is -2.43. The second-order valence-corrected chi connectivity index (χ2v) is 4.57. The van der Waals surface area contributed by atoms with Gasteiger partial charge in [0.1, 0.15) is 0 Å². The van der Waals surface area contributed by atoms with Crippen LogP contribution in [0, 0.1) is 17.5 Å². The molecule has 1 aromatic carbocycles. The summed E-state index contributed by atoms with van der Waals surface area (Å²) in [7, 11) is 0. The number of hydrogen-bond acceptors (Lipinski definition) is 4. The molecule has 0 bridgehead atoms. The van der Waals surface area contributed by atoms with Crippen molar-refractivity contribution in [1.29, 1.82) is 0 Å². The van der Waals surface area contributed by atoms with Crippen LogP contribution in [0.1, 0.15) is 16.5 Å². The van der Waals surface area contributed by atoms with Crippen LogP contribution in [0.3, 0.4) is 0 Å². The molecule has 6 nitrogen and oxygen atoms in total. The molecule has 1 aromatic heterocycles. The average molecular weight is 297 g/mol. The van der Waals surface area contributed by atoms with Crippen molar-refractivity contribution in [3.63, 3.8) is 0 Å². The Labute approximate surface area is 116 Å². The Kier molecular flexibility index (Phi) is 3.34. The van der Waals surface area contributed by atoms with Crippen LogP contribution in [0.15, 0.2) is 18.3 Å². The van der Waals surface area contributed by atoms with Crippen molar-refractivity contribution >= 4 is 11.6 Å². The van der Waals surface area contributed by atoms with Crippen LogP contribution in [0.5, 0.6) is 0 Å². The highest BCUT2D eigenvalue weighted by molar-refractivity contribution is 6.02. The van der Waals surface area contributed by atoms with Gasteiger partial charge >= 0.3 is 0 Å². The second-order valence-electron chi connectivity index (χ2n) is 4.57. The molecule has 1 aliphatic heterocycles. The molecule has 1 aliphatic rings. The van der Waals surface area contributed by atoms with E-state index in [-0.39, 0.29) is 11.7 Å². The zero-order chi connectivity index (χ0) is 15.0. The van der Waals surface area contributed by atoms with Crippen LogP contribution in [-0.2, 0) is 0 Å². The van der Waals surface area contributed by atoms with Crippen LogP contribution in [0.2, 0.25) is 0 Å². The summed E-state index contributed by atoms with van der Waals surface area (Å²) in [6.45, 7) is 1.45. The van der Waals surface area contributed by atoms with Crippen molar-refractivity contribution in [2.24, 2.45) is 0 Å². The summed E-state index contributed by atoms with van der Waals surface area (Å²) in [6.07, 6.45) is 1.42. The van der Waals surface area contributed by atoms with E-state index in [9.17, 15) is 18.0 Å². The van der Waals surface area contributed by atoms with E-state index in [0.29, 0.717) is 0 Å². The SMILES string of the molecule is O=C(Nc1ccc(F)c(F)c1F)c1cn(C2CNC2)nn1. The van der Waals surface area contributed by atoms with Crippen LogP contribution in [-0.4, -0.2) is 34.0 Å². The first kappa shape index (κ1) is 13.6. The molecule has 9 heteroatoms. The van der Waals surface area contributed by atoms with E-state index in [1.807, 2.05) is 0 Å². The summed E-state index contributed by atoms with van der Waals surface area (Å²) in [5.41, 5.74) is -0.496. The van der Waals surface area contributed by atoms with Crippen molar-refractivity contribution in [2.75, 3.05) is 18.4 Å². The number of carbonyl (C=O) groups is 1. The summed E-state index contributed by atoms with van der Waals surface area (Å²) in [5, 5.41) is 12.6. The van der Waals surface area contributed by atoms with E-state index in [0.717, 1.165) is 25.2 Å². The van der Waals surface area contributed by atoms with E-state index in [2.05, 4.69) is 20.9 Å². The Morgan fingerprint density at radius 3 is 2.71 bits per heavy atom. The maximum absolute atomic E-state index is 13.5. The second kappa shape index (κ2) is 5.17. The summed E-state index contributed by atoms with van der Waals surface area (Å²) < 4.78 is 40.8. The van der Waals surface area contributed by atoms with Crippen molar-refractivity contribution in [2.45, 2.75) is 6.04 Å². The third-order valence-electron chi connectivity index (χ3n) is 3.16. The number of nitrogens with zero attached hydrogens (tertiary/aromatic N) is 3. The Hall–Kier alpha value is -2.42. The number of anilines is 1. The topological polar surface area (TPSA) is 71.8 Å². The lowest BCUT2D eigenvalue weighted by atomic mass is 10.2. The van der Waals surface area contributed by atoms with E-state index in [4.69, 9.17) is 0 Å². The Morgan fingerprint density at radius 2 is 2.05 bits per heavy atom. The predicted octanol–water partition coefficient (Wildman–Crippen LogP) is 1.09. The number of nitrogens with one attached hydrogen (secondary N) is 2. The molecule has 1 fully saturated rings. The Morgan fingerprint density at radius 1 is 1.29 bits per heavy atom. The van der Waals surface area contributed by atoms with Crippen molar-refractivity contribution in [3.8, 4) is 0 Å². The van der Waals surface area contributed by atoms with Gasteiger partial charge in [-0.2, -0.15) is 0 Å². The van der Waals surface area contributed by atoms with E-state index in [1.54, 1.807) is 0 Å². The molecule has 0 unspecified atom stereocenters. The van der Waals surface area contributed by atoms with Gasteiger partial charge in [0, 0.05) is 13.1 Å². The highest BCUT2D eigenvalue weighted by atomic mass is 19.2. The van der Waals surface area contributed by atoms with Gasteiger partial charge in [0.15, 0.2) is 23.1 Å². The number of halogens is 3. The average Bonchev–Trinajstić information content (AvgIpc) is 2.87. The van der Waals surface area contributed by atoms with Gasteiger partial charge in [-0.3, -0.25) is 4.79 Å². The molecule has 2 aromatic rings. The van der Waals surface area contributed by atoms with Gasteiger partial charge < -0.3 is 10.6 Å². The number of hydrogen-bond donors (Lipinski definition) is 2. The number of benzene rings is 1. The third kappa shape index (κ3) is 2.47. The Balaban J connectivity index is 1.77. The number of rotatable bonds is 3. The zero-order valence-electron chi connectivity index (χ0n) is 10.6. The molecule has 0 aliphatic carbocycles. The minimum atomic E-state index is -1.64. The van der Waals surface area contributed by atoms with Crippen LogP contribution < -0.4 is 10.6 Å². The summed E-state index contributed by atoms with van der Waals surface area (Å²) in [5.74, 6) is -5.18. The number of amides is 1. The molecule has 0 spiro atoms. The maximum atomic E-state index is 13.5. The van der Waals surface area contributed by atoms with E-state index in [1.165, 1.54) is 10.9 Å². The Bertz CT molecular complexity index is 698. The maximum Gasteiger partial charge on any atom is 0.277 e. The largest absolute Gasteiger partial charge is 0.318 e. The first-order valence-electron chi connectivity index (χ1n) is 6.13. The fraction of sp³-hybridized carbons (Fsp3) is 0.250. The molecule has 0 saturated carbocycles. The van der Waals surface area contributed by atoms with E-state index >= 15 is 0 Å². The van der Waals surface area contributed by atoms with Gasteiger partial charge in [0.25, 0.3) is 5.91 Å². The minimum Gasteiger partial charge on any atom is -0.318 e. The van der Waals surface area contributed by atoms with Gasteiger partial charge in [-0.05, 0) is 12.1 Å². The van der Waals surface area contributed by atoms with Gasteiger partial charge in [-0.25, -0.2) is 17.9 Å². The molecule has 3 rings (SSSR count). The third-order valence-corrected chi connectivity index (χ3v) is 3.16. The molecule has 1 saturated heterocycles. The molecular weight excluding hydrogens is 287 g/mol. The van der Waals surface area contributed by atoms with Gasteiger partial charge in [-0.15, -0.1) is 5.10 Å². The highest BCUT2D eigenvalue weighted by Crippen LogP contribution is 2.20. The van der Waals surface area contributed by atoms with Crippen molar-refractivity contribution in [1.82, 2.24) is 20.3 Å². The molecule has 0 atom stereocenters. The van der Waals surface area contributed by atoms with E-state index < -0.39 is 29.0 Å². The smallest absolute Gasteiger partial charge is 0.277 e. The molecule has 110 valence electrons. The van der Waals surface area contributed by atoms with Crippen LogP contribution in [0.4, 0.5) is 18.9 Å². The lowest BCUT2D eigenvalue weighted by Gasteiger charge is -2.26. The van der Waals surface area contributed by atoms with Gasteiger partial charge in [0.2, 0.25) is 0 Å². The number of carbonyl (C=O) groups excluding carboxylic acids is 1. The lowest BCUT2D eigenvalue weighted by molar-refractivity contribution is 0.102. The first-order chi connectivity index (χ1) is 10.1. The molecule has 0 radical (unpaired) electrons. The van der Waals surface area contributed by atoms with Crippen LogP contribution in [0.25, 0.3) is 0 Å². The minimum absolute atomic E-state index is 0.0361. The summed E-state index contributed by atoms with van der Waals surface area (Å²) in [6, 6.07) is 1.79. The number of aromatic nitrogens is 3. The molecule has 1 amide bonds. The summed E-state index contributed by atoms with van der Waals surface area (Å²) in [4.78, 5) is 11.9. The first-order valence-corrected chi connectivity index (χ1v) is 6.13. The normalized spacial score (nSPS) is 14.8. The molecule has 2 heterocycles. The van der Waals surface area contributed by atoms with Gasteiger partial charge in [0.05, 0.1) is 17.9 Å². The zero-order valence-corrected chi connectivity index (χ0v) is 10.6. The standard InChI is InChI=1S/C12H10F3N5O/c13-7-1-2-8(11(15)10(7)14)17-12(21)9-5-20(19-18-9)6-3-16-4-6/h1-2,5-6,16H,3-4H2,(H,17,21). The predicted molar refractivity (Wildman–Crippen MR) is 66.2 cm³/mol. The monoisotopic (exact) mass is 297 g/mol. The summed E-state index contributed by atoms with van der Waals surface area (Å²) >= 11 is 0. The molecule has 2 N–H and O–H groups in total. The highest BCUT2D eigenvalue weighted by Gasteiger charge is 2.22. The fourth-order valence-electron chi connectivity index (χ4n) is 1.83. The molecular formula is C12H10F3N5O.